The molecule has 0 spiro atoms. The van der Waals surface area contributed by atoms with Gasteiger partial charge in [-0.25, -0.2) is 18.9 Å². The first-order valence-electron chi connectivity index (χ1n) is 16.5. The third kappa shape index (κ3) is 11.1. The van der Waals surface area contributed by atoms with E-state index in [9.17, 15) is 18.8 Å². The van der Waals surface area contributed by atoms with E-state index in [-0.39, 0.29) is 24.4 Å². The maximum absolute atomic E-state index is 14.6. The topological polar surface area (TPSA) is 100 Å². The smallest absolute Gasteiger partial charge is 0.330 e. The number of amides is 4. The first kappa shape index (κ1) is 39.2. The summed E-state index contributed by atoms with van der Waals surface area (Å²) < 4.78 is 24.7. The molecule has 1 saturated heterocycles. The number of hydrogen-bond acceptors (Lipinski definition) is 6. The van der Waals surface area contributed by atoms with Crippen LogP contribution in [0.3, 0.4) is 0 Å². The number of terminal acetylenes is 1. The SMILES string of the molecule is C#C.CC/C=C\C=C(/C)OC.CCC(=O)C1=C(COC)NC(=O)N(C(=O)NCC2CN(C3CCCCC3)C2)C1c1ccc(C)c(F)c1. The molecule has 2 fully saturated rings. The number of methoxy groups -OCH3 is 2. The van der Waals surface area contributed by atoms with Crippen LogP contribution in [-0.2, 0) is 14.3 Å². The lowest BCUT2D eigenvalue weighted by Crippen LogP contribution is -2.58. The number of Topliss-reactive ketones (excluding diaryl/α,β-unsaturated/α-hetero) is 1. The molecule has 2 N–H and O–H groups in total. The van der Waals surface area contributed by atoms with Crippen molar-refractivity contribution in [2.24, 2.45) is 5.92 Å². The summed E-state index contributed by atoms with van der Waals surface area (Å²) in [4.78, 5) is 43.1. The van der Waals surface area contributed by atoms with Crippen LogP contribution in [0.1, 0.15) is 82.9 Å². The summed E-state index contributed by atoms with van der Waals surface area (Å²) >= 11 is 0. The van der Waals surface area contributed by atoms with E-state index in [1.807, 2.05) is 19.1 Å². The summed E-state index contributed by atoms with van der Waals surface area (Å²) in [5.74, 6) is 0.552. The molecule has 47 heavy (non-hydrogen) atoms. The molecule has 0 aromatic heterocycles. The molecule has 4 amide bonds. The van der Waals surface area contributed by atoms with E-state index in [0.29, 0.717) is 35.3 Å². The van der Waals surface area contributed by atoms with Gasteiger partial charge in [0.15, 0.2) is 5.78 Å². The molecule has 1 aromatic carbocycles. The second kappa shape index (κ2) is 20.3. The average molecular weight is 653 g/mol. The van der Waals surface area contributed by atoms with Crippen LogP contribution < -0.4 is 10.6 Å². The van der Waals surface area contributed by atoms with Crippen molar-refractivity contribution >= 4 is 17.8 Å². The number of nitrogens with zero attached hydrogens (tertiary/aromatic N) is 2. The highest BCUT2D eigenvalue weighted by atomic mass is 19.1. The number of rotatable bonds is 11. The van der Waals surface area contributed by atoms with Crippen molar-refractivity contribution in [3.8, 4) is 12.8 Å². The van der Waals surface area contributed by atoms with E-state index in [2.05, 4.69) is 41.4 Å². The van der Waals surface area contributed by atoms with Gasteiger partial charge in [0.1, 0.15) is 5.82 Å². The number of benzene rings is 1. The highest BCUT2D eigenvalue weighted by molar-refractivity contribution is 6.04. The lowest BCUT2D eigenvalue weighted by molar-refractivity contribution is -0.116. The Morgan fingerprint density at radius 2 is 1.81 bits per heavy atom. The molecule has 1 atom stereocenters. The molecule has 2 heterocycles. The van der Waals surface area contributed by atoms with Crippen LogP contribution in [-0.4, -0.2) is 74.1 Å². The van der Waals surface area contributed by atoms with Crippen LogP contribution in [0.2, 0.25) is 0 Å². The molecule has 2 aliphatic heterocycles. The van der Waals surface area contributed by atoms with Crippen molar-refractivity contribution in [2.75, 3.05) is 40.5 Å². The van der Waals surface area contributed by atoms with Crippen LogP contribution in [0.4, 0.5) is 14.0 Å². The van der Waals surface area contributed by atoms with Crippen LogP contribution in [0.15, 0.2) is 53.5 Å². The summed E-state index contributed by atoms with van der Waals surface area (Å²) in [6, 6.07) is 2.86. The minimum Gasteiger partial charge on any atom is -0.501 e. The van der Waals surface area contributed by atoms with E-state index in [1.165, 1.54) is 45.3 Å². The largest absolute Gasteiger partial charge is 0.501 e. The van der Waals surface area contributed by atoms with Gasteiger partial charge in [0.2, 0.25) is 0 Å². The van der Waals surface area contributed by atoms with Crippen molar-refractivity contribution in [1.82, 2.24) is 20.4 Å². The molecular formula is C37H53FN4O5. The van der Waals surface area contributed by atoms with Crippen LogP contribution in [0, 0.1) is 31.5 Å². The number of nitrogens with one attached hydrogen (secondary N) is 2. The van der Waals surface area contributed by atoms with Gasteiger partial charge in [-0.2, -0.15) is 0 Å². The second-order valence-corrected chi connectivity index (χ2v) is 11.9. The number of imide groups is 1. The van der Waals surface area contributed by atoms with E-state index in [4.69, 9.17) is 9.47 Å². The Hall–Kier alpha value is -3.94. The predicted molar refractivity (Wildman–Crippen MR) is 184 cm³/mol. The zero-order valence-electron chi connectivity index (χ0n) is 28.9. The Morgan fingerprint density at radius 1 is 1.13 bits per heavy atom. The number of aryl methyl sites for hydroxylation is 1. The second-order valence-electron chi connectivity index (χ2n) is 11.9. The summed E-state index contributed by atoms with van der Waals surface area (Å²) in [6.07, 6.45) is 21.6. The number of carbonyl (C=O) groups excluding carboxylic acids is 3. The summed E-state index contributed by atoms with van der Waals surface area (Å²) in [5.41, 5.74) is 1.34. The lowest BCUT2D eigenvalue weighted by Gasteiger charge is -2.46. The maximum atomic E-state index is 14.6. The summed E-state index contributed by atoms with van der Waals surface area (Å²) in [7, 11) is 3.13. The van der Waals surface area contributed by atoms with Crippen molar-refractivity contribution in [2.45, 2.75) is 84.7 Å². The Bertz CT molecular complexity index is 1310. The van der Waals surface area contributed by atoms with Gasteiger partial charge in [0, 0.05) is 50.7 Å². The first-order chi connectivity index (χ1) is 22.6. The minimum absolute atomic E-state index is 0.00775. The number of likely N-dealkylation sites (tertiary alicyclic amines) is 1. The highest BCUT2D eigenvalue weighted by Gasteiger charge is 2.42. The van der Waals surface area contributed by atoms with Crippen molar-refractivity contribution < 1.29 is 28.2 Å². The number of allylic oxidation sites excluding steroid dienone is 4. The van der Waals surface area contributed by atoms with Gasteiger partial charge in [0.25, 0.3) is 0 Å². The predicted octanol–water partition coefficient (Wildman–Crippen LogP) is 6.81. The Morgan fingerprint density at radius 3 is 2.38 bits per heavy atom. The van der Waals surface area contributed by atoms with Crippen molar-refractivity contribution in [3.05, 3.63) is 70.4 Å². The van der Waals surface area contributed by atoms with E-state index in [1.54, 1.807) is 33.1 Å². The van der Waals surface area contributed by atoms with E-state index < -0.39 is 23.9 Å². The quantitative estimate of drug-likeness (QED) is 0.155. The molecule has 1 unspecified atom stereocenters. The zero-order valence-corrected chi connectivity index (χ0v) is 28.9. The normalized spacial score (nSPS) is 19.2. The van der Waals surface area contributed by atoms with Crippen molar-refractivity contribution in [1.29, 1.82) is 0 Å². The van der Waals surface area contributed by atoms with Crippen LogP contribution in [0.5, 0.6) is 0 Å². The molecule has 1 saturated carbocycles. The van der Waals surface area contributed by atoms with Gasteiger partial charge in [-0.3, -0.25) is 9.69 Å². The number of carbonyl (C=O) groups is 3. The molecular weight excluding hydrogens is 599 g/mol. The molecule has 10 heteroatoms. The Kier molecular flexibility index (Phi) is 17.0. The molecule has 4 rings (SSSR count). The number of hydrogen-bond donors (Lipinski definition) is 2. The fraction of sp³-hybridized carbons (Fsp3) is 0.541. The van der Waals surface area contributed by atoms with Crippen LogP contribution >= 0.6 is 0 Å². The third-order valence-corrected chi connectivity index (χ3v) is 8.62. The number of ketones is 1. The third-order valence-electron chi connectivity index (χ3n) is 8.62. The van der Waals surface area contributed by atoms with Gasteiger partial charge in [0.05, 0.1) is 31.2 Å². The summed E-state index contributed by atoms with van der Waals surface area (Å²) in [6.45, 7) is 9.67. The molecule has 3 aliphatic rings. The zero-order chi connectivity index (χ0) is 34.9. The maximum Gasteiger partial charge on any atom is 0.330 e. The first-order valence-corrected chi connectivity index (χ1v) is 16.5. The fourth-order valence-electron chi connectivity index (χ4n) is 5.95. The number of halogens is 1. The van der Waals surface area contributed by atoms with Crippen molar-refractivity contribution in [3.63, 3.8) is 0 Å². The van der Waals surface area contributed by atoms with E-state index in [0.717, 1.165) is 30.2 Å². The van der Waals surface area contributed by atoms with Crippen LogP contribution in [0.25, 0.3) is 0 Å². The number of ether oxygens (including phenoxy) is 2. The Balaban J connectivity index is 0.000000605. The summed E-state index contributed by atoms with van der Waals surface area (Å²) in [5, 5.41) is 5.56. The average Bonchev–Trinajstić information content (AvgIpc) is 3.06. The van der Waals surface area contributed by atoms with E-state index >= 15 is 0 Å². The fourth-order valence-corrected chi connectivity index (χ4v) is 5.95. The molecule has 0 bridgehead atoms. The molecule has 9 nitrogen and oxygen atoms in total. The van der Waals surface area contributed by atoms with Gasteiger partial charge < -0.3 is 20.1 Å². The molecule has 258 valence electrons. The van der Waals surface area contributed by atoms with Gasteiger partial charge >= 0.3 is 12.1 Å². The van der Waals surface area contributed by atoms with Gasteiger partial charge in [-0.1, -0.05) is 57.4 Å². The van der Waals surface area contributed by atoms with Gasteiger partial charge in [-0.15, -0.1) is 12.8 Å². The number of urea groups is 2. The molecule has 1 aliphatic carbocycles. The molecule has 1 aromatic rings. The minimum atomic E-state index is -1.05. The monoisotopic (exact) mass is 652 g/mol. The lowest BCUT2D eigenvalue weighted by atomic mass is 9.89. The Labute approximate surface area is 280 Å². The molecule has 0 radical (unpaired) electrons. The highest BCUT2D eigenvalue weighted by Crippen LogP contribution is 2.36. The van der Waals surface area contributed by atoms with Gasteiger partial charge in [-0.05, 0) is 56.4 Å². The standard InChI is InChI=1S/C27H37FN4O4.C8H14O.C2H2/c1-4-23(33)24-22(16-36-3)30-27(35)32(25(24)19-11-10-17(2)21(28)12-19)26(34)29-13-18-14-31(15-18)20-8-6-5-7-9-20;1-4-5-6-7-8(2)9-3;1-2/h10-12,18,20,25H,4-9,13-16H2,1-3H3,(H,29,34)(H,30,35);5-7H,4H2,1-3H3;1-2H/b;6-5-,8-7+;.